The van der Waals surface area contributed by atoms with Crippen molar-refractivity contribution < 1.29 is 33.0 Å². The molecule has 4 atom stereocenters. The van der Waals surface area contributed by atoms with Gasteiger partial charge in [-0.15, -0.1) is 12.4 Å². The van der Waals surface area contributed by atoms with Crippen LogP contribution < -0.4 is 10.6 Å². The quantitative estimate of drug-likeness (QED) is 0.493. The van der Waals surface area contributed by atoms with E-state index in [0.29, 0.717) is 24.9 Å². The molecule has 170 valence electrons. The molecular weight excluding hydrogens is 422 g/mol. The first kappa shape index (κ1) is 26.2. The molecule has 0 unspecified atom stereocenters. The van der Waals surface area contributed by atoms with Crippen LogP contribution in [0.2, 0.25) is 0 Å². The molecule has 1 saturated heterocycles. The average molecular weight is 451 g/mol. The average Bonchev–Trinajstić information content (AvgIpc) is 2.65. The van der Waals surface area contributed by atoms with Crippen molar-refractivity contribution in [2.45, 2.75) is 57.4 Å². The number of morpholine rings is 1. The van der Waals surface area contributed by atoms with Crippen molar-refractivity contribution in [2.24, 2.45) is 0 Å². The van der Waals surface area contributed by atoms with E-state index >= 15 is 0 Å². The second kappa shape index (κ2) is 12.8. The normalized spacial score (nSPS) is 20.6. The van der Waals surface area contributed by atoms with E-state index in [-0.39, 0.29) is 50.0 Å². The van der Waals surface area contributed by atoms with Crippen LogP contribution in [0.15, 0.2) is 18.2 Å². The predicted molar refractivity (Wildman–Crippen MR) is 108 cm³/mol. The number of esters is 1. The van der Waals surface area contributed by atoms with Crippen LogP contribution in [-0.4, -0.2) is 61.0 Å². The summed E-state index contributed by atoms with van der Waals surface area (Å²) in [6, 6.07) is 1.81. The van der Waals surface area contributed by atoms with Crippen LogP contribution in [-0.2, 0) is 25.5 Å². The molecule has 1 aromatic rings. The molecule has 1 heterocycles. The molecule has 0 radical (unpaired) electrons. The highest BCUT2D eigenvalue weighted by molar-refractivity contribution is 5.85. The molecule has 0 aromatic heterocycles. The zero-order valence-electron chi connectivity index (χ0n) is 17.0. The maximum absolute atomic E-state index is 13.5. The van der Waals surface area contributed by atoms with Gasteiger partial charge < -0.3 is 25.2 Å². The first-order chi connectivity index (χ1) is 13.8. The Labute approximate surface area is 180 Å². The van der Waals surface area contributed by atoms with Gasteiger partial charge in [0.15, 0.2) is 0 Å². The van der Waals surface area contributed by atoms with Gasteiger partial charge in [-0.1, -0.05) is 6.92 Å². The van der Waals surface area contributed by atoms with Crippen molar-refractivity contribution in [2.75, 3.05) is 19.8 Å². The number of aliphatic hydroxyl groups excluding tert-OH is 1. The van der Waals surface area contributed by atoms with Gasteiger partial charge in [0.25, 0.3) is 0 Å². The molecule has 2 rings (SSSR count). The van der Waals surface area contributed by atoms with Crippen molar-refractivity contribution in [1.29, 1.82) is 0 Å². The van der Waals surface area contributed by atoms with Gasteiger partial charge in [-0.05, 0) is 30.5 Å². The van der Waals surface area contributed by atoms with Crippen LogP contribution in [0.3, 0.4) is 0 Å². The van der Waals surface area contributed by atoms with Crippen molar-refractivity contribution in [3.63, 3.8) is 0 Å². The lowest BCUT2D eigenvalue weighted by atomic mass is 9.95. The van der Waals surface area contributed by atoms with Crippen LogP contribution in [0.25, 0.3) is 0 Å². The van der Waals surface area contributed by atoms with Gasteiger partial charge in [-0.25, -0.2) is 8.78 Å². The lowest BCUT2D eigenvalue weighted by molar-refractivity contribution is -0.150. The Bertz CT molecular complexity index is 682. The number of carbonyl (C=O) groups is 2. The van der Waals surface area contributed by atoms with Crippen molar-refractivity contribution in [3.8, 4) is 0 Å². The standard InChI is InChI=1S/C20H28F2N2O5.ClH/c1-3-4-19(26)29-10-16-9-23-18(11-28-16)20(27)17(24-12(2)25)7-13-5-14(21)8-15(22)6-13;/h5-6,8,16-18,20,23,27H,3-4,7,9-11H2,1-2H3,(H,24,25);1H/t16-,17+,18-,20+;/m1./s1. The van der Waals surface area contributed by atoms with Crippen molar-refractivity contribution in [1.82, 2.24) is 10.6 Å². The number of amides is 1. The van der Waals surface area contributed by atoms with E-state index in [1.807, 2.05) is 6.92 Å². The summed E-state index contributed by atoms with van der Waals surface area (Å²) >= 11 is 0. The molecular formula is C20H29ClF2N2O5. The highest BCUT2D eigenvalue weighted by Gasteiger charge is 2.33. The molecule has 1 aliphatic heterocycles. The second-order valence-corrected chi connectivity index (χ2v) is 7.18. The van der Waals surface area contributed by atoms with E-state index in [1.165, 1.54) is 6.92 Å². The largest absolute Gasteiger partial charge is 0.463 e. The number of aliphatic hydroxyl groups is 1. The highest BCUT2D eigenvalue weighted by Crippen LogP contribution is 2.15. The van der Waals surface area contributed by atoms with Crippen molar-refractivity contribution >= 4 is 24.3 Å². The van der Waals surface area contributed by atoms with Crippen LogP contribution in [0.5, 0.6) is 0 Å². The molecule has 7 nitrogen and oxygen atoms in total. The zero-order chi connectivity index (χ0) is 21.4. The zero-order valence-corrected chi connectivity index (χ0v) is 17.8. The maximum Gasteiger partial charge on any atom is 0.305 e. The molecule has 30 heavy (non-hydrogen) atoms. The first-order valence-corrected chi connectivity index (χ1v) is 9.69. The fourth-order valence-electron chi connectivity index (χ4n) is 3.21. The van der Waals surface area contributed by atoms with Gasteiger partial charge >= 0.3 is 5.97 Å². The Hall–Kier alpha value is -1.81. The summed E-state index contributed by atoms with van der Waals surface area (Å²) in [4.78, 5) is 23.0. The van der Waals surface area contributed by atoms with Gasteiger partial charge in [0, 0.05) is 26.0 Å². The number of halogens is 3. The molecule has 1 fully saturated rings. The summed E-state index contributed by atoms with van der Waals surface area (Å²) < 4.78 is 37.7. The number of ether oxygens (including phenoxy) is 2. The summed E-state index contributed by atoms with van der Waals surface area (Å²) in [5.41, 5.74) is 0.317. The number of hydrogen-bond acceptors (Lipinski definition) is 6. The summed E-state index contributed by atoms with van der Waals surface area (Å²) in [6.45, 7) is 3.78. The van der Waals surface area contributed by atoms with Gasteiger partial charge in [0.2, 0.25) is 5.91 Å². The third-order valence-corrected chi connectivity index (χ3v) is 4.59. The van der Waals surface area contributed by atoms with Gasteiger partial charge in [-0.2, -0.15) is 0 Å². The molecule has 1 amide bonds. The minimum absolute atomic E-state index is 0. The highest BCUT2D eigenvalue weighted by atomic mass is 35.5. The Morgan fingerprint density at radius 2 is 2.00 bits per heavy atom. The van der Waals surface area contributed by atoms with E-state index in [0.717, 1.165) is 18.2 Å². The fourth-order valence-corrected chi connectivity index (χ4v) is 3.21. The van der Waals surface area contributed by atoms with E-state index in [1.54, 1.807) is 0 Å². The topological polar surface area (TPSA) is 96.9 Å². The monoisotopic (exact) mass is 450 g/mol. The molecule has 1 aromatic carbocycles. The van der Waals surface area contributed by atoms with Gasteiger partial charge in [-0.3, -0.25) is 9.59 Å². The third kappa shape index (κ3) is 8.51. The molecule has 0 spiro atoms. The van der Waals surface area contributed by atoms with E-state index in [9.17, 15) is 23.5 Å². The second-order valence-electron chi connectivity index (χ2n) is 7.18. The van der Waals surface area contributed by atoms with E-state index in [4.69, 9.17) is 9.47 Å². The molecule has 1 aliphatic rings. The van der Waals surface area contributed by atoms with Crippen LogP contribution in [0.4, 0.5) is 8.78 Å². The third-order valence-electron chi connectivity index (χ3n) is 4.59. The van der Waals surface area contributed by atoms with Crippen LogP contribution >= 0.6 is 12.4 Å². The minimum atomic E-state index is -1.06. The van der Waals surface area contributed by atoms with Crippen LogP contribution in [0.1, 0.15) is 32.3 Å². The Kier molecular flexibility index (Phi) is 11.2. The molecule has 10 heteroatoms. The molecule has 0 aliphatic carbocycles. The van der Waals surface area contributed by atoms with E-state index in [2.05, 4.69) is 10.6 Å². The fraction of sp³-hybridized carbons (Fsp3) is 0.600. The smallest absolute Gasteiger partial charge is 0.305 e. The molecule has 0 bridgehead atoms. The Morgan fingerprint density at radius 3 is 2.53 bits per heavy atom. The Balaban J connectivity index is 0.00000450. The number of nitrogens with one attached hydrogen (secondary N) is 2. The maximum atomic E-state index is 13.5. The lowest BCUT2D eigenvalue weighted by Crippen LogP contribution is -2.59. The summed E-state index contributed by atoms with van der Waals surface area (Å²) in [7, 11) is 0. The summed E-state index contributed by atoms with van der Waals surface area (Å²) in [6.07, 6.45) is -0.298. The number of hydrogen-bond donors (Lipinski definition) is 3. The first-order valence-electron chi connectivity index (χ1n) is 9.69. The molecule has 0 saturated carbocycles. The Morgan fingerprint density at radius 1 is 1.33 bits per heavy atom. The van der Waals surface area contributed by atoms with Crippen molar-refractivity contribution in [3.05, 3.63) is 35.4 Å². The summed E-state index contributed by atoms with van der Waals surface area (Å²) in [5, 5.41) is 16.5. The number of rotatable bonds is 9. The van der Waals surface area contributed by atoms with E-state index < -0.39 is 29.8 Å². The molecule has 3 N–H and O–H groups in total. The minimum Gasteiger partial charge on any atom is -0.463 e. The lowest BCUT2D eigenvalue weighted by Gasteiger charge is -2.36. The predicted octanol–water partition coefficient (Wildman–Crippen LogP) is 1.50. The number of carbonyl (C=O) groups excluding carboxylic acids is 2. The van der Waals surface area contributed by atoms with Gasteiger partial charge in [0.05, 0.1) is 24.8 Å². The summed E-state index contributed by atoms with van der Waals surface area (Å²) in [5.74, 6) is -2.11. The SMILES string of the molecule is CCCC(=O)OC[C@H]1CN[C@@H]([C@@H](O)[C@H](Cc2cc(F)cc(F)c2)NC(C)=O)CO1.Cl. The van der Waals surface area contributed by atoms with Gasteiger partial charge in [0.1, 0.15) is 24.3 Å². The number of benzene rings is 1. The van der Waals surface area contributed by atoms with Crippen LogP contribution in [0, 0.1) is 11.6 Å².